The molecule has 0 amide bonds. The Balaban J connectivity index is 1.79. The first-order valence-corrected chi connectivity index (χ1v) is 15.2. The molecule has 0 aromatic rings. The Labute approximate surface area is 260 Å². The molecule has 4 aliphatic heterocycles. The van der Waals surface area contributed by atoms with Crippen LogP contribution in [0.3, 0.4) is 0 Å². The van der Waals surface area contributed by atoms with E-state index in [1.54, 1.807) is 41.5 Å². The molecule has 6 aliphatic rings. The second kappa shape index (κ2) is 10.7. The molecule has 45 heavy (non-hydrogen) atoms. The molecule has 12 unspecified atom stereocenters. The van der Waals surface area contributed by atoms with Gasteiger partial charge >= 0.3 is 23.9 Å². The molecule has 12 atom stereocenters. The predicted octanol–water partition coefficient (Wildman–Crippen LogP) is 0.908. The number of carbonyl (C=O) groups is 5. The molecule has 13 heteroatoms. The van der Waals surface area contributed by atoms with E-state index in [1.165, 1.54) is 0 Å². The van der Waals surface area contributed by atoms with Crippen molar-refractivity contribution >= 4 is 29.7 Å². The van der Waals surface area contributed by atoms with Gasteiger partial charge in [0.25, 0.3) is 0 Å². The zero-order valence-corrected chi connectivity index (χ0v) is 26.5. The van der Waals surface area contributed by atoms with Gasteiger partial charge in [0, 0.05) is 33.7 Å². The number of hydrogen-bond acceptors (Lipinski definition) is 13. The third-order valence-electron chi connectivity index (χ3n) is 11.5. The van der Waals surface area contributed by atoms with Crippen molar-refractivity contribution in [3.05, 3.63) is 23.8 Å². The third kappa shape index (κ3) is 4.37. The maximum absolute atomic E-state index is 14.4. The van der Waals surface area contributed by atoms with Gasteiger partial charge in [-0.2, -0.15) is 0 Å². The number of esters is 4. The maximum atomic E-state index is 14.4. The summed E-state index contributed by atoms with van der Waals surface area (Å²) in [4.78, 5) is 66.9. The van der Waals surface area contributed by atoms with Crippen LogP contribution in [-0.2, 0) is 47.7 Å². The van der Waals surface area contributed by atoms with Crippen LogP contribution in [0.1, 0.15) is 60.8 Å². The van der Waals surface area contributed by atoms with E-state index >= 15 is 0 Å². The SMILES string of the molecule is C=C1C(=O)C2CC3(C)C(C4=CC(O)OC4=O)OC(=O)CC13OC1C(OC(=O)C(C)CC)C(O)C(C)(C)C(C(O)C(=O)OC)C21C. The normalized spacial score (nSPS) is 43.2. The summed E-state index contributed by atoms with van der Waals surface area (Å²) in [5.41, 5.74) is -6.43. The molecule has 4 heterocycles. The van der Waals surface area contributed by atoms with E-state index in [2.05, 4.69) is 6.58 Å². The molecule has 0 aromatic carbocycles. The fourth-order valence-electron chi connectivity index (χ4n) is 8.83. The van der Waals surface area contributed by atoms with Gasteiger partial charge < -0.3 is 39.0 Å². The van der Waals surface area contributed by atoms with E-state index < -0.39 is 112 Å². The van der Waals surface area contributed by atoms with Crippen LogP contribution >= 0.6 is 0 Å². The number of ketones is 1. The van der Waals surface area contributed by atoms with Crippen molar-refractivity contribution in [2.75, 3.05) is 7.11 Å². The minimum Gasteiger partial charge on any atom is -0.467 e. The summed E-state index contributed by atoms with van der Waals surface area (Å²) in [5.74, 6) is -6.79. The molecule has 0 aromatic heterocycles. The Bertz CT molecular complexity index is 1380. The summed E-state index contributed by atoms with van der Waals surface area (Å²) in [5, 5.41) is 33.5. The topological polar surface area (TPSA) is 192 Å². The quantitative estimate of drug-likeness (QED) is 0.212. The number of ether oxygens (including phenoxy) is 5. The fraction of sp³-hybridized carbons (Fsp3) is 0.719. The summed E-state index contributed by atoms with van der Waals surface area (Å²) in [7, 11) is 1.10. The lowest BCUT2D eigenvalue weighted by Crippen LogP contribution is -2.70. The van der Waals surface area contributed by atoms with Crippen LogP contribution in [0, 0.1) is 34.0 Å². The molecule has 13 nitrogen and oxygen atoms in total. The molecule has 1 spiro atoms. The largest absolute Gasteiger partial charge is 0.467 e. The highest BCUT2D eigenvalue weighted by Gasteiger charge is 2.78. The average Bonchev–Trinajstić information content (AvgIpc) is 3.25. The Morgan fingerprint density at radius 2 is 1.76 bits per heavy atom. The number of hydrogen-bond donors (Lipinski definition) is 3. The molecule has 0 radical (unpaired) electrons. The number of Topliss-reactive ketones (excluding diaryl/α,β-unsaturated/α-hetero) is 1. The Hall–Kier alpha value is -3.13. The van der Waals surface area contributed by atoms with E-state index in [0.717, 1.165) is 13.2 Å². The number of cyclic esters (lactones) is 2. The molecule has 6 rings (SSSR count). The lowest BCUT2D eigenvalue weighted by molar-refractivity contribution is -0.288. The van der Waals surface area contributed by atoms with Gasteiger partial charge in [0.1, 0.15) is 17.8 Å². The van der Waals surface area contributed by atoms with E-state index in [0.29, 0.717) is 6.42 Å². The van der Waals surface area contributed by atoms with Crippen molar-refractivity contribution in [3.8, 4) is 0 Å². The number of fused-ring (bicyclic) bond motifs is 1. The van der Waals surface area contributed by atoms with Crippen molar-refractivity contribution in [1.82, 2.24) is 0 Å². The van der Waals surface area contributed by atoms with Crippen LogP contribution in [-0.4, -0.2) is 94.5 Å². The standard InChI is InChI=1S/C32H42O13/c1-9-13(2)26(38)44-21-23(37)29(4,5)22(20(36)28(40)41-8)31(7)16-11-30(6)24(15-10-17(33)43-27(15)39)42-18(34)12-32(30,45-25(21)31)14(3)19(16)35/h10,13,16-17,20-25,33,36-37H,3,9,11-12H2,1-2,4-8H3. The van der Waals surface area contributed by atoms with E-state index in [-0.39, 0.29) is 17.6 Å². The first-order valence-electron chi connectivity index (χ1n) is 15.2. The van der Waals surface area contributed by atoms with Gasteiger partial charge in [-0.05, 0) is 18.9 Å². The van der Waals surface area contributed by atoms with Crippen molar-refractivity contribution in [2.45, 2.75) is 103 Å². The summed E-state index contributed by atoms with van der Waals surface area (Å²) >= 11 is 0. The van der Waals surface area contributed by atoms with Crippen LogP contribution in [0.15, 0.2) is 23.8 Å². The van der Waals surface area contributed by atoms with E-state index in [1.807, 2.05) is 0 Å². The molecule has 3 N–H and O–H groups in total. The zero-order valence-electron chi connectivity index (χ0n) is 26.5. The number of rotatable bonds is 6. The Kier molecular flexibility index (Phi) is 7.91. The molecule has 5 fully saturated rings. The van der Waals surface area contributed by atoms with Crippen LogP contribution in [0.4, 0.5) is 0 Å². The van der Waals surface area contributed by atoms with Gasteiger partial charge in [0.2, 0.25) is 6.29 Å². The molecule has 2 bridgehead atoms. The first-order chi connectivity index (χ1) is 20.8. The predicted molar refractivity (Wildman–Crippen MR) is 151 cm³/mol. The molecular formula is C32H42O13. The molecular weight excluding hydrogens is 592 g/mol. The van der Waals surface area contributed by atoms with Gasteiger partial charge in [-0.15, -0.1) is 0 Å². The number of aliphatic hydroxyl groups excluding tert-OH is 3. The Morgan fingerprint density at radius 3 is 2.31 bits per heavy atom. The van der Waals surface area contributed by atoms with Crippen molar-refractivity contribution in [2.24, 2.45) is 34.0 Å². The minimum atomic E-state index is -1.86. The van der Waals surface area contributed by atoms with Crippen molar-refractivity contribution in [1.29, 1.82) is 0 Å². The summed E-state index contributed by atoms with van der Waals surface area (Å²) in [6.07, 6.45) is -8.16. The second-order valence-electron chi connectivity index (χ2n) is 14.1. The number of methoxy groups -OCH3 is 1. The summed E-state index contributed by atoms with van der Waals surface area (Å²) in [6, 6.07) is 0. The van der Waals surface area contributed by atoms with Crippen LogP contribution < -0.4 is 0 Å². The third-order valence-corrected chi connectivity index (χ3v) is 11.5. The van der Waals surface area contributed by atoms with Gasteiger partial charge in [-0.3, -0.25) is 14.4 Å². The van der Waals surface area contributed by atoms with Crippen molar-refractivity contribution < 1.29 is 63.0 Å². The van der Waals surface area contributed by atoms with Gasteiger partial charge in [-0.1, -0.05) is 48.1 Å². The van der Waals surface area contributed by atoms with Gasteiger partial charge in [-0.25, -0.2) is 9.59 Å². The highest BCUT2D eigenvalue weighted by atomic mass is 16.6. The van der Waals surface area contributed by atoms with Crippen molar-refractivity contribution in [3.63, 3.8) is 0 Å². The molecule has 248 valence electrons. The van der Waals surface area contributed by atoms with Crippen LogP contribution in [0.2, 0.25) is 0 Å². The molecule has 2 saturated carbocycles. The van der Waals surface area contributed by atoms with Crippen LogP contribution in [0.25, 0.3) is 0 Å². The lowest BCUT2D eigenvalue weighted by atomic mass is 9.44. The fourth-order valence-corrected chi connectivity index (χ4v) is 8.83. The number of carbonyl (C=O) groups excluding carboxylic acids is 5. The second-order valence-corrected chi connectivity index (χ2v) is 14.1. The van der Waals surface area contributed by atoms with E-state index in [4.69, 9.17) is 23.7 Å². The average molecular weight is 635 g/mol. The molecule has 2 aliphatic carbocycles. The Morgan fingerprint density at radius 1 is 1.11 bits per heavy atom. The van der Waals surface area contributed by atoms with Gasteiger partial charge in [0.15, 0.2) is 18.0 Å². The number of aliphatic hydroxyl groups is 3. The maximum Gasteiger partial charge on any atom is 0.340 e. The minimum absolute atomic E-state index is 0.0981. The first kappa shape index (κ1) is 33.2. The lowest BCUT2D eigenvalue weighted by Gasteiger charge is -2.60. The summed E-state index contributed by atoms with van der Waals surface area (Å²) < 4.78 is 28.5. The smallest absolute Gasteiger partial charge is 0.340 e. The van der Waals surface area contributed by atoms with E-state index in [9.17, 15) is 39.3 Å². The van der Waals surface area contributed by atoms with Crippen LogP contribution in [0.5, 0.6) is 0 Å². The monoisotopic (exact) mass is 634 g/mol. The van der Waals surface area contributed by atoms with Gasteiger partial charge in [0.05, 0.1) is 31.1 Å². The summed E-state index contributed by atoms with van der Waals surface area (Å²) in [6.45, 7) is 14.0. The highest BCUT2D eigenvalue weighted by Crippen LogP contribution is 2.70. The molecule has 3 saturated heterocycles. The zero-order chi connectivity index (χ0) is 33.6. The highest BCUT2D eigenvalue weighted by molar-refractivity contribution is 6.03.